The van der Waals surface area contributed by atoms with E-state index in [-0.39, 0.29) is 0 Å². The lowest BCUT2D eigenvalue weighted by Crippen LogP contribution is -2.30. The van der Waals surface area contributed by atoms with Crippen molar-refractivity contribution < 1.29 is 5.11 Å². The number of thiophene rings is 1. The fraction of sp³-hybridized carbons (Fsp3) is 0.240. The summed E-state index contributed by atoms with van der Waals surface area (Å²) in [6.45, 7) is 4.43. The zero-order valence-corrected chi connectivity index (χ0v) is 17.3. The third kappa shape index (κ3) is 3.48. The minimum absolute atomic E-state index is 0.646. The maximum atomic E-state index is 11.2. The minimum atomic E-state index is -0.773. The van der Waals surface area contributed by atoms with E-state index in [1.54, 1.807) is 11.3 Å². The average molecular weight is 401 g/mol. The Morgan fingerprint density at radius 3 is 2.72 bits per heavy atom. The standard InChI is InChI=1S/C25H24N2OS/c1-18-7-5-8-19-15-20(24(26-23(18)19)22-11-6-14-29-22)16-27-13-12-25(28,17-27)21-9-3-2-4-10-21/h2-11,14-15,28H,12-13,16-17H2,1H3/t25-/m0/s1. The summed E-state index contributed by atoms with van der Waals surface area (Å²) in [5.41, 5.74) is 4.80. The number of hydrogen-bond donors (Lipinski definition) is 1. The summed E-state index contributed by atoms with van der Waals surface area (Å²) < 4.78 is 0. The summed E-state index contributed by atoms with van der Waals surface area (Å²) in [5.74, 6) is 0. The van der Waals surface area contributed by atoms with Gasteiger partial charge in [-0.1, -0.05) is 54.6 Å². The molecule has 3 heterocycles. The minimum Gasteiger partial charge on any atom is -0.384 e. The predicted octanol–water partition coefficient (Wildman–Crippen LogP) is 5.37. The number of rotatable bonds is 4. The Bertz CT molecular complexity index is 1140. The molecule has 0 saturated carbocycles. The lowest BCUT2D eigenvalue weighted by Gasteiger charge is -2.24. The Labute approximate surface area is 175 Å². The van der Waals surface area contributed by atoms with Crippen LogP contribution in [-0.4, -0.2) is 28.1 Å². The molecule has 1 saturated heterocycles. The van der Waals surface area contributed by atoms with Crippen molar-refractivity contribution in [2.45, 2.75) is 25.5 Å². The van der Waals surface area contributed by atoms with Crippen LogP contribution in [0.1, 0.15) is 23.1 Å². The summed E-state index contributed by atoms with van der Waals surface area (Å²) >= 11 is 1.73. The number of hydrogen-bond acceptors (Lipinski definition) is 4. The Morgan fingerprint density at radius 2 is 1.93 bits per heavy atom. The number of pyridine rings is 1. The smallest absolute Gasteiger partial charge is 0.103 e. The number of β-amino-alcohol motifs (C(OH)–C–C–N with tert-alkyl or cyclic N) is 1. The van der Waals surface area contributed by atoms with Crippen molar-refractivity contribution in [3.63, 3.8) is 0 Å². The highest BCUT2D eigenvalue weighted by Gasteiger charge is 2.37. The van der Waals surface area contributed by atoms with Gasteiger partial charge in [-0.15, -0.1) is 11.3 Å². The molecular formula is C25H24N2OS. The third-order valence-electron chi connectivity index (χ3n) is 5.91. The highest BCUT2D eigenvalue weighted by atomic mass is 32.1. The van der Waals surface area contributed by atoms with Gasteiger partial charge >= 0.3 is 0 Å². The second-order valence-electron chi connectivity index (χ2n) is 7.98. The van der Waals surface area contributed by atoms with E-state index in [1.807, 2.05) is 30.3 Å². The molecule has 29 heavy (non-hydrogen) atoms. The number of benzene rings is 2. The maximum absolute atomic E-state index is 11.2. The quantitative estimate of drug-likeness (QED) is 0.501. The molecule has 4 aromatic rings. The van der Waals surface area contributed by atoms with Crippen molar-refractivity contribution in [1.82, 2.24) is 9.88 Å². The van der Waals surface area contributed by atoms with Crippen LogP contribution in [0.2, 0.25) is 0 Å². The van der Waals surface area contributed by atoms with Gasteiger partial charge in [-0.05, 0) is 47.5 Å². The molecule has 0 aliphatic carbocycles. The molecule has 1 aliphatic heterocycles. The van der Waals surface area contributed by atoms with Gasteiger partial charge in [0.1, 0.15) is 5.60 Å². The predicted molar refractivity (Wildman–Crippen MR) is 120 cm³/mol. The summed E-state index contributed by atoms with van der Waals surface area (Å²) in [4.78, 5) is 8.62. The van der Waals surface area contributed by atoms with Gasteiger partial charge in [-0.3, -0.25) is 4.90 Å². The van der Waals surface area contributed by atoms with Gasteiger partial charge in [0.25, 0.3) is 0 Å². The van der Waals surface area contributed by atoms with E-state index in [4.69, 9.17) is 4.98 Å². The van der Waals surface area contributed by atoms with Gasteiger partial charge in [0.05, 0.1) is 16.1 Å². The van der Waals surface area contributed by atoms with Crippen molar-refractivity contribution in [2.24, 2.45) is 0 Å². The number of fused-ring (bicyclic) bond motifs is 1. The molecule has 0 amide bonds. The first-order valence-corrected chi connectivity index (χ1v) is 10.9. The van der Waals surface area contributed by atoms with Crippen LogP contribution in [0.5, 0.6) is 0 Å². The first-order valence-electron chi connectivity index (χ1n) is 10.1. The van der Waals surface area contributed by atoms with Gasteiger partial charge in [0, 0.05) is 25.0 Å². The molecule has 1 aliphatic rings. The molecule has 0 radical (unpaired) electrons. The lowest BCUT2D eigenvalue weighted by atomic mass is 9.93. The van der Waals surface area contributed by atoms with Crippen LogP contribution in [0, 0.1) is 6.92 Å². The van der Waals surface area contributed by atoms with E-state index in [1.165, 1.54) is 21.4 Å². The highest BCUT2D eigenvalue weighted by molar-refractivity contribution is 7.13. The van der Waals surface area contributed by atoms with E-state index >= 15 is 0 Å². The number of aliphatic hydroxyl groups is 1. The van der Waals surface area contributed by atoms with Crippen LogP contribution < -0.4 is 0 Å². The van der Waals surface area contributed by atoms with Crippen LogP contribution in [0.3, 0.4) is 0 Å². The van der Waals surface area contributed by atoms with E-state index in [0.717, 1.165) is 36.3 Å². The fourth-order valence-electron chi connectivity index (χ4n) is 4.37. The first kappa shape index (κ1) is 18.5. The Kier molecular flexibility index (Phi) is 4.70. The number of aryl methyl sites for hydroxylation is 1. The molecule has 0 unspecified atom stereocenters. The Balaban J connectivity index is 1.50. The maximum Gasteiger partial charge on any atom is 0.103 e. The SMILES string of the molecule is Cc1cccc2cc(CN3CC[C@@](O)(c4ccccc4)C3)c(-c3cccs3)nc12. The normalized spacial score (nSPS) is 19.8. The Morgan fingerprint density at radius 1 is 1.07 bits per heavy atom. The lowest BCUT2D eigenvalue weighted by molar-refractivity contribution is 0.0453. The first-order chi connectivity index (χ1) is 14.1. The third-order valence-corrected chi connectivity index (χ3v) is 6.79. The molecule has 2 aromatic heterocycles. The van der Waals surface area contributed by atoms with Crippen LogP contribution >= 0.6 is 11.3 Å². The van der Waals surface area contributed by atoms with Crippen LogP contribution in [0.25, 0.3) is 21.5 Å². The number of para-hydroxylation sites is 1. The largest absolute Gasteiger partial charge is 0.384 e. The van der Waals surface area contributed by atoms with Crippen molar-refractivity contribution >= 4 is 22.2 Å². The van der Waals surface area contributed by atoms with Crippen LogP contribution in [-0.2, 0) is 12.1 Å². The van der Waals surface area contributed by atoms with Crippen molar-refractivity contribution in [3.8, 4) is 10.6 Å². The van der Waals surface area contributed by atoms with Gasteiger partial charge in [-0.2, -0.15) is 0 Å². The van der Waals surface area contributed by atoms with E-state index < -0.39 is 5.60 Å². The molecule has 0 spiro atoms. The molecule has 0 bridgehead atoms. The summed E-state index contributed by atoms with van der Waals surface area (Å²) in [6.07, 6.45) is 0.755. The molecule has 3 nitrogen and oxygen atoms in total. The van der Waals surface area contributed by atoms with E-state index in [9.17, 15) is 5.11 Å². The van der Waals surface area contributed by atoms with Crippen LogP contribution in [0.15, 0.2) is 72.1 Å². The zero-order valence-electron chi connectivity index (χ0n) is 16.5. The molecule has 1 fully saturated rings. The molecule has 2 aromatic carbocycles. The molecule has 4 heteroatoms. The molecule has 146 valence electrons. The number of likely N-dealkylation sites (tertiary alicyclic amines) is 1. The number of nitrogens with zero attached hydrogens (tertiary/aromatic N) is 2. The van der Waals surface area contributed by atoms with Gasteiger partial charge in [0.2, 0.25) is 0 Å². The average Bonchev–Trinajstić information content (AvgIpc) is 3.40. The summed E-state index contributed by atoms with van der Waals surface area (Å²) in [5, 5.41) is 14.5. The van der Waals surface area contributed by atoms with Crippen LogP contribution in [0.4, 0.5) is 0 Å². The summed E-state index contributed by atoms with van der Waals surface area (Å²) in [7, 11) is 0. The van der Waals surface area contributed by atoms with Crippen molar-refractivity contribution in [3.05, 3.63) is 88.8 Å². The van der Waals surface area contributed by atoms with Crippen molar-refractivity contribution in [1.29, 1.82) is 0 Å². The van der Waals surface area contributed by atoms with Gasteiger partial charge in [0.15, 0.2) is 0 Å². The molecule has 1 N–H and O–H groups in total. The van der Waals surface area contributed by atoms with E-state index in [2.05, 4.69) is 53.6 Å². The second kappa shape index (κ2) is 7.38. The molecule has 1 atom stereocenters. The highest BCUT2D eigenvalue weighted by Crippen LogP contribution is 2.35. The van der Waals surface area contributed by atoms with Gasteiger partial charge < -0.3 is 5.11 Å². The molecular weight excluding hydrogens is 376 g/mol. The zero-order chi connectivity index (χ0) is 19.8. The fourth-order valence-corrected chi connectivity index (χ4v) is 5.12. The van der Waals surface area contributed by atoms with Crippen molar-refractivity contribution in [2.75, 3.05) is 13.1 Å². The number of aromatic nitrogens is 1. The van der Waals surface area contributed by atoms with E-state index in [0.29, 0.717) is 6.54 Å². The second-order valence-corrected chi connectivity index (χ2v) is 8.93. The topological polar surface area (TPSA) is 36.4 Å². The summed E-state index contributed by atoms with van der Waals surface area (Å²) in [6, 6.07) is 22.9. The Hall–Kier alpha value is -2.53. The monoisotopic (exact) mass is 400 g/mol. The molecule has 5 rings (SSSR count). The van der Waals surface area contributed by atoms with Gasteiger partial charge in [-0.25, -0.2) is 4.98 Å².